The van der Waals surface area contributed by atoms with Gasteiger partial charge in [-0.05, 0) is 31.2 Å². The molecular weight excluding hydrogens is 536 g/mol. The van der Waals surface area contributed by atoms with Gasteiger partial charge in [0.05, 0.1) is 48.3 Å². The Balaban J connectivity index is 1.45. The van der Waals surface area contributed by atoms with Crippen LogP contribution in [-0.2, 0) is 12.5 Å². The Hall–Kier alpha value is -5.20. The van der Waals surface area contributed by atoms with E-state index in [-0.39, 0.29) is 35.5 Å². The van der Waals surface area contributed by atoms with E-state index in [2.05, 4.69) is 25.5 Å². The number of hydrogen-bond acceptors (Lipinski definition) is 9. The van der Waals surface area contributed by atoms with Crippen molar-refractivity contribution in [3.63, 3.8) is 0 Å². The molecule has 4 aromatic heterocycles. The number of carbonyl (C=O) groups is 1. The number of hydrogen-bond donors (Lipinski definition) is 1. The van der Waals surface area contributed by atoms with Crippen molar-refractivity contribution in [2.75, 3.05) is 20.8 Å². The lowest BCUT2D eigenvalue weighted by molar-refractivity contribution is 0.0938. The topological polar surface area (TPSA) is 130 Å². The minimum absolute atomic E-state index is 0.00676. The highest BCUT2D eigenvalue weighted by Gasteiger charge is 2.33. The average Bonchev–Trinajstić information content (AvgIpc) is 3.65. The molecule has 0 bridgehead atoms. The van der Waals surface area contributed by atoms with Crippen molar-refractivity contribution in [2.45, 2.75) is 12.3 Å². The Morgan fingerprint density at radius 3 is 2.61 bits per heavy atom. The molecule has 13 heteroatoms. The zero-order chi connectivity index (χ0) is 29.1. The van der Waals surface area contributed by atoms with E-state index >= 15 is 0 Å². The van der Waals surface area contributed by atoms with Crippen LogP contribution in [0.25, 0.3) is 22.6 Å². The van der Waals surface area contributed by atoms with Crippen molar-refractivity contribution in [3.05, 3.63) is 89.6 Å². The lowest BCUT2D eigenvalue weighted by atomic mass is 9.80. The SMILES string of the molecule is COc1ncc(-c2cccc(C(C)(CNC(=O)c3cc(-c4ccc(F)cc4F)on3)c3cnn(C)c3)n2)c(OC)n1. The van der Waals surface area contributed by atoms with Crippen LogP contribution in [0.5, 0.6) is 11.9 Å². The average molecular weight is 562 g/mol. The fourth-order valence-corrected chi connectivity index (χ4v) is 4.27. The molecule has 0 aliphatic carbocycles. The largest absolute Gasteiger partial charge is 0.480 e. The minimum atomic E-state index is -0.851. The second-order valence-electron chi connectivity index (χ2n) is 9.31. The number of amides is 1. The Kier molecular flexibility index (Phi) is 7.42. The van der Waals surface area contributed by atoms with E-state index in [0.29, 0.717) is 17.0 Å². The number of rotatable bonds is 9. The second kappa shape index (κ2) is 11.1. The number of pyridine rings is 1. The Bertz CT molecular complexity index is 1720. The third-order valence-corrected chi connectivity index (χ3v) is 6.58. The first-order valence-electron chi connectivity index (χ1n) is 12.3. The van der Waals surface area contributed by atoms with Gasteiger partial charge >= 0.3 is 6.01 Å². The van der Waals surface area contributed by atoms with Gasteiger partial charge in [0.1, 0.15) is 11.6 Å². The van der Waals surface area contributed by atoms with Gasteiger partial charge in [0.15, 0.2) is 11.5 Å². The van der Waals surface area contributed by atoms with Gasteiger partial charge < -0.3 is 19.3 Å². The highest BCUT2D eigenvalue weighted by Crippen LogP contribution is 2.34. The van der Waals surface area contributed by atoms with Crippen LogP contribution in [-0.4, -0.2) is 56.6 Å². The summed E-state index contributed by atoms with van der Waals surface area (Å²) in [6.45, 7) is 2.01. The molecule has 1 atom stereocenters. The number of nitrogens with one attached hydrogen (secondary N) is 1. The van der Waals surface area contributed by atoms with Crippen LogP contribution in [0.15, 0.2) is 65.6 Å². The van der Waals surface area contributed by atoms with Gasteiger partial charge in [-0.3, -0.25) is 14.5 Å². The molecule has 0 radical (unpaired) electrons. The van der Waals surface area contributed by atoms with Crippen LogP contribution in [0.2, 0.25) is 0 Å². The lowest BCUT2D eigenvalue weighted by Crippen LogP contribution is -2.40. The number of halogens is 2. The molecule has 0 saturated carbocycles. The normalized spacial score (nSPS) is 12.5. The molecule has 11 nitrogen and oxygen atoms in total. The van der Waals surface area contributed by atoms with E-state index in [1.807, 2.05) is 25.3 Å². The molecule has 0 fully saturated rings. The van der Waals surface area contributed by atoms with Gasteiger partial charge in [0.2, 0.25) is 5.88 Å². The van der Waals surface area contributed by atoms with Crippen LogP contribution in [0.4, 0.5) is 8.78 Å². The van der Waals surface area contributed by atoms with Gasteiger partial charge in [0.25, 0.3) is 5.91 Å². The van der Waals surface area contributed by atoms with E-state index in [0.717, 1.165) is 17.7 Å². The van der Waals surface area contributed by atoms with Crippen molar-refractivity contribution < 1.29 is 27.6 Å². The molecule has 0 spiro atoms. The standard InChI is InChI=1S/C28H25F2N7O4/c1-28(16-12-33-37(2)14-16,24-7-5-6-21(34-24)19-13-31-27(40-4)35-26(19)39-3)15-32-25(38)22-11-23(41-36-22)18-9-8-17(29)10-20(18)30/h5-14H,15H2,1-4H3,(H,32,38). The predicted molar refractivity (Wildman–Crippen MR) is 142 cm³/mol. The number of aryl methyl sites for hydroxylation is 1. The first-order chi connectivity index (χ1) is 19.7. The third kappa shape index (κ3) is 5.46. The highest BCUT2D eigenvalue weighted by molar-refractivity contribution is 5.93. The summed E-state index contributed by atoms with van der Waals surface area (Å²) in [5.74, 6) is -1.83. The van der Waals surface area contributed by atoms with Gasteiger partial charge in [-0.1, -0.05) is 11.2 Å². The first kappa shape index (κ1) is 27.4. The molecule has 210 valence electrons. The molecule has 0 aliphatic rings. The van der Waals surface area contributed by atoms with Crippen molar-refractivity contribution in [1.29, 1.82) is 0 Å². The van der Waals surface area contributed by atoms with E-state index in [1.165, 1.54) is 26.4 Å². The number of methoxy groups -OCH3 is 2. The maximum Gasteiger partial charge on any atom is 0.319 e. The zero-order valence-electron chi connectivity index (χ0n) is 22.6. The second-order valence-corrected chi connectivity index (χ2v) is 9.31. The number of nitrogens with zero attached hydrogens (tertiary/aromatic N) is 6. The fraction of sp³-hybridized carbons (Fsp3) is 0.214. The highest BCUT2D eigenvalue weighted by atomic mass is 19.1. The molecule has 1 N–H and O–H groups in total. The van der Waals surface area contributed by atoms with E-state index in [9.17, 15) is 13.6 Å². The number of benzene rings is 1. The summed E-state index contributed by atoms with van der Waals surface area (Å²) in [5.41, 5.74) is 1.57. The number of carbonyl (C=O) groups excluding carboxylic acids is 1. The summed E-state index contributed by atoms with van der Waals surface area (Å²) in [6, 6.07) is 9.95. The van der Waals surface area contributed by atoms with Crippen LogP contribution in [0.1, 0.15) is 28.7 Å². The quantitative estimate of drug-likeness (QED) is 0.284. The summed E-state index contributed by atoms with van der Waals surface area (Å²) in [5, 5.41) is 11.0. The Labute approximate surface area is 233 Å². The molecule has 4 heterocycles. The molecule has 41 heavy (non-hydrogen) atoms. The molecule has 0 aliphatic heterocycles. The van der Waals surface area contributed by atoms with E-state index in [4.69, 9.17) is 19.0 Å². The van der Waals surface area contributed by atoms with Crippen LogP contribution in [0.3, 0.4) is 0 Å². The lowest BCUT2D eigenvalue weighted by Gasteiger charge is -2.29. The molecule has 1 amide bonds. The predicted octanol–water partition coefficient (Wildman–Crippen LogP) is 3.96. The minimum Gasteiger partial charge on any atom is -0.480 e. The first-order valence-corrected chi connectivity index (χ1v) is 12.3. The molecule has 1 unspecified atom stereocenters. The Morgan fingerprint density at radius 2 is 1.90 bits per heavy atom. The van der Waals surface area contributed by atoms with Crippen LogP contribution < -0.4 is 14.8 Å². The summed E-state index contributed by atoms with van der Waals surface area (Å²) in [4.78, 5) is 26.4. The van der Waals surface area contributed by atoms with Gasteiger partial charge in [-0.15, -0.1) is 0 Å². The summed E-state index contributed by atoms with van der Waals surface area (Å²) in [6.07, 6.45) is 5.10. The Morgan fingerprint density at radius 1 is 1.07 bits per heavy atom. The maximum absolute atomic E-state index is 14.2. The van der Waals surface area contributed by atoms with Gasteiger partial charge in [-0.25, -0.2) is 13.8 Å². The third-order valence-electron chi connectivity index (χ3n) is 6.58. The molecular formula is C28H25F2N7O4. The van der Waals surface area contributed by atoms with Crippen LogP contribution in [0, 0.1) is 11.6 Å². The van der Waals surface area contributed by atoms with Gasteiger partial charge in [-0.2, -0.15) is 10.1 Å². The van der Waals surface area contributed by atoms with Crippen molar-refractivity contribution in [1.82, 2.24) is 35.2 Å². The smallest absolute Gasteiger partial charge is 0.319 e. The zero-order valence-corrected chi connectivity index (χ0v) is 22.6. The number of ether oxygens (including phenoxy) is 2. The number of aromatic nitrogens is 6. The summed E-state index contributed by atoms with van der Waals surface area (Å²) in [7, 11) is 4.74. The molecule has 5 aromatic rings. The van der Waals surface area contributed by atoms with Crippen molar-refractivity contribution >= 4 is 5.91 Å². The molecule has 5 rings (SSSR count). The van der Waals surface area contributed by atoms with E-state index < -0.39 is 23.0 Å². The monoisotopic (exact) mass is 561 g/mol. The fourth-order valence-electron chi connectivity index (χ4n) is 4.27. The van der Waals surface area contributed by atoms with Gasteiger partial charge in [0, 0.05) is 43.7 Å². The van der Waals surface area contributed by atoms with Crippen LogP contribution >= 0.6 is 0 Å². The van der Waals surface area contributed by atoms with Crippen molar-refractivity contribution in [2.24, 2.45) is 7.05 Å². The summed E-state index contributed by atoms with van der Waals surface area (Å²) >= 11 is 0. The molecule has 1 aromatic carbocycles. The maximum atomic E-state index is 14.2. The van der Waals surface area contributed by atoms with Crippen molar-refractivity contribution in [3.8, 4) is 34.5 Å². The molecule has 0 saturated heterocycles. The van der Waals surface area contributed by atoms with E-state index in [1.54, 1.807) is 30.2 Å². The summed E-state index contributed by atoms with van der Waals surface area (Å²) < 4.78 is 44.9.